The van der Waals surface area contributed by atoms with Gasteiger partial charge in [0.1, 0.15) is 0 Å². The highest BCUT2D eigenvalue weighted by atomic mass is 32.2. The van der Waals surface area contributed by atoms with Gasteiger partial charge in [0.15, 0.2) is 9.84 Å². The Morgan fingerprint density at radius 2 is 1.92 bits per heavy atom. The van der Waals surface area contributed by atoms with E-state index in [2.05, 4.69) is 0 Å². The fraction of sp³-hybridized carbons (Fsp3) is 1.00. The van der Waals surface area contributed by atoms with Gasteiger partial charge in [-0.05, 0) is 5.92 Å². The van der Waals surface area contributed by atoms with Crippen molar-refractivity contribution in [1.29, 1.82) is 0 Å². The molecule has 0 aliphatic carbocycles. The molecule has 0 radical (unpaired) electrons. The SMILES string of the molecule is CC(C)CS(=O)(=O)CCOCCN. The summed E-state index contributed by atoms with van der Waals surface area (Å²) in [6.45, 7) is 4.89. The zero-order chi connectivity index (χ0) is 10.3. The van der Waals surface area contributed by atoms with Gasteiger partial charge in [0.05, 0.1) is 24.7 Å². The van der Waals surface area contributed by atoms with Gasteiger partial charge in [-0.1, -0.05) is 13.8 Å². The molecule has 0 amide bonds. The molecule has 0 spiro atoms. The molecule has 80 valence electrons. The molecule has 13 heavy (non-hydrogen) atoms. The summed E-state index contributed by atoms with van der Waals surface area (Å²) in [6.07, 6.45) is 0. The summed E-state index contributed by atoms with van der Waals surface area (Å²) in [6, 6.07) is 0. The highest BCUT2D eigenvalue weighted by Crippen LogP contribution is 2.00. The van der Waals surface area contributed by atoms with Gasteiger partial charge in [-0.2, -0.15) is 0 Å². The summed E-state index contributed by atoms with van der Waals surface area (Å²) in [4.78, 5) is 0. The fourth-order valence-corrected chi connectivity index (χ4v) is 2.52. The van der Waals surface area contributed by atoms with Crippen LogP contribution < -0.4 is 5.73 Å². The Bertz CT molecular complexity index is 211. The van der Waals surface area contributed by atoms with E-state index in [4.69, 9.17) is 10.5 Å². The molecule has 0 atom stereocenters. The van der Waals surface area contributed by atoms with Gasteiger partial charge in [0.25, 0.3) is 0 Å². The molecule has 0 fully saturated rings. The molecular formula is C8H19NO3S. The van der Waals surface area contributed by atoms with Crippen LogP contribution >= 0.6 is 0 Å². The van der Waals surface area contributed by atoms with E-state index < -0.39 is 9.84 Å². The first-order chi connectivity index (χ1) is 5.98. The lowest BCUT2D eigenvalue weighted by Crippen LogP contribution is -2.20. The maximum atomic E-state index is 11.3. The number of nitrogens with two attached hydrogens (primary N) is 1. The van der Waals surface area contributed by atoms with E-state index in [1.165, 1.54) is 0 Å². The van der Waals surface area contributed by atoms with Crippen LogP contribution in [0.5, 0.6) is 0 Å². The van der Waals surface area contributed by atoms with Crippen molar-refractivity contribution in [2.75, 3.05) is 31.3 Å². The standard InChI is InChI=1S/C8H19NO3S/c1-8(2)7-13(10,11)6-5-12-4-3-9/h8H,3-7,9H2,1-2H3. The molecule has 0 aliphatic heterocycles. The Kier molecular flexibility index (Phi) is 6.28. The van der Waals surface area contributed by atoms with Crippen LogP contribution in [0.1, 0.15) is 13.8 Å². The minimum Gasteiger partial charge on any atom is -0.379 e. The number of hydrogen-bond acceptors (Lipinski definition) is 4. The van der Waals surface area contributed by atoms with Gasteiger partial charge in [0.2, 0.25) is 0 Å². The third kappa shape index (κ3) is 8.21. The Morgan fingerprint density at radius 3 is 2.38 bits per heavy atom. The van der Waals surface area contributed by atoms with E-state index in [-0.39, 0.29) is 24.0 Å². The van der Waals surface area contributed by atoms with Crippen molar-refractivity contribution in [3.8, 4) is 0 Å². The van der Waals surface area contributed by atoms with Gasteiger partial charge >= 0.3 is 0 Å². The molecule has 0 aromatic carbocycles. The van der Waals surface area contributed by atoms with E-state index in [9.17, 15) is 8.42 Å². The van der Waals surface area contributed by atoms with Crippen molar-refractivity contribution in [1.82, 2.24) is 0 Å². The first kappa shape index (κ1) is 12.9. The molecular weight excluding hydrogens is 190 g/mol. The second-order valence-electron chi connectivity index (χ2n) is 3.41. The molecule has 2 N–H and O–H groups in total. The van der Waals surface area contributed by atoms with Crippen LogP contribution in [0, 0.1) is 5.92 Å². The molecule has 0 bridgehead atoms. The Hall–Kier alpha value is -0.130. The number of sulfone groups is 1. The monoisotopic (exact) mass is 209 g/mol. The topological polar surface area (TPSA) is 69.4 Å². The predicted octanol–water partition coefficient (Wildman–Crippen LogP) is 0.0325. The van der Waals surface area contributed by atoms with E-state index in [0.717, 1.165) is 0 Å². The third-order valence-corrected chi connectivity index (χ3v) is 3.35. The summed E-state index contributed by atoms with van der Waals surface area (Å²) in [5.74, 6) is 0.518. The minimum absolute atomic E-state index is 0.102. The minimum atomic E-state index is -2.93. The van der Waals surface area contributed by atoms with E-state index in [1.54, 1.807) is 0 Å². The molecule has 0 saturated heterocycles. The molecule has 0 unspecified atom stereocenters. The second-order valence-corrected chi connectivity index (χ2v) is 5.64. The highest BCUT2D eigenvalue weighted by molar-refractivity contribution is 7.91. The van der Waals surface area contributed by atoms with Crippen molar-refractivity contribution in [3.63, 3.8) is 0 Å². The van der Waals surface area contributed by atoms with Crippen LogP contribution in [0.3, 0.4) is 0 Å². The average molecular weight is 209 g/mol. The number of rotatable bonds is 7. The quantitative estimate of drug-likeness (QED) is 0.601. The number of hydrogen-bond donors (Lipinski definition) is 1. The van der Waals surface area contributed by atoms with Crippen molar-refractivity contribution < 1.29 is 13.2 Å². The molecule has 0 heterocycles. The first-order valence-corrected chi connectivity index (χ1v) is 6.28. The van der Waals surface area contributed by atoms with E-state index >= 15 is 0 Å². The van der Waals surface area contributed by atoms with Gasteiger partial charge in [-0.25, -0.2) is 8.42 Å². The normalized spacial score (nSPS) is 12.3. The summed E-state index contributed by atoms with van der Waals surface area (Å²) in [5, 5.41) is 0. The molecule has 0 aromatic heterocycles. The van der Waals surface area contributed by atoms with E-state index in [0.29, 0.717) is 13.2 Å². The summed E-state index contributed by atoms with van der Waals surface area (Å²) >= 11 is 0. The lowest BCUT2D eigenvalue weighted by molar-refractivity contribution is 0.157. The van der Waals surface area contributed by atoms with Crippen LogP contribution in [0.25, 0.3) is 0 Å². The molecule has 0 aromatic rings. The van der Waals surface area contributed by atoms with Gasteiger partial charge < -0.3 is 10.5 Å². The Balaban J connectivity index is 3.64. The molecule has 4 nitrogen and oxygen atoms in total. The fourth-order valence-electron chi connectivity index (χ4n) is 0.962. The van der Waals surface area contributed by atoms with Crippen LogP contribution in [0.4, 0.5) is 0 Å². The molecule has 0 aliphatic rings. The Labute approximate surface area is 80.4 Å². The molecule has 0 rings (SSSR count). The summed E-state index contributed by atoms with van der Waals surface area (Å²) < 4.78 is 27.6. The van der Waals surface area contributed by atoms with Crippen molar-refractivity contribution in [2.45, 2.75) is 13.8 Å². The highest BCUT2D eigenvalue weighted by Gasteiger charge is 2.12. The largest absolute Gasteiger partial charge is 0.379 e. The first-order valence-electron chi connectivity index (χ1n) is 4.46. The van der Waals surface area contributed by atoms with E-state index in [1.807, 2.05) is 13.8 Å². The summed E-state index contributed by atoms with van der Waals surface area (Å²) in [7, 11) is -2.93. The number of ether oxygens (including phenoxy) is 1. The van der Waals surface area contributed by atoms with Crippen LogP contribution in [-0.2, 0) is 14.6 Å². The van der Waals surface area contributed by atoms with Crippen LogP contribution in [0.15, 0.2) is 0 Å². The maximum absolute atomic E-state index is 11.3. The predicted molar refractivity (Wildman–Crippen MR) is 53.4 cm³/mol. The Morgan fingerprint density at radius 1 is 1.31 bits per heavy atom. The molecule has 5 heteroatoms. The maximum Gasteiger partial charge on any atom is 0.152 e. The average Bonchev–Trinajstić information content (AvgIpc) is 1.95. The smallest absolute Gasteiger partial charge is 0.152 e. The zero-order valence-corrected chi connectivity index (χ0v) is 9.14. The second kappa shape index (κ2) is 6.34. The lowest BCUT2D eigenvalue weighted by Gasteiger charge is -2.06. The third-order valence-electron chi connectivity index (χ3n) is 1.39. The lowest BCUT2D eigenvalue weighted by atomic mass is 10.3. The van der Waals surface area contributed by atoms with Crippen molar-refractivity contribution in [2.24, 2.45) is 11.7 Å². The zero-order valence-electron chi connectivity index (χ0n) is 8.32. The van der Waals surface area contributed by atoms with Crippen molar-refractivity contribution >= 4 is 9.84 Å². The van der Waals surface area contributed by atoms with Crippen molar-refractivity contribution in [3.05, 3.63) is 0 Å². The van der Waals surface area contributed by atoms with Gasteiger partial charge in [-0.3, -0.25) is 0 Å². The van der Waals surface area contributed by atoms with Crippen LogP contribution in [-0.4, -0.2) is 39.7 Å². The molecule has 0 saturated carbocycles. The van der Waals surface area contributed by atoms with Gasteiger partial charge in [0, 0.05) is 6.54 Å². The van der Waals surface area contributed by atoms with Gasteiger partial charge in [-0.15, -0.1) is 0 Å². The van der Waals surface area contributed by atoms with Crippen LogP contribution in [0.2, 0.25) is 0 Å². The summed E-state index contributed by atoms with van der Waals surface area (Å²) in [5.41, 5.74) is 5.18.